The van der Waals surface area contributed by atoms with Gasteiger partial charge in [0.25, 0.3) is 0 Å². The molecule has 106 valence electrons. The molecule has 1 aliphatic rings. The topological polar surface area (TPSA) is 47.7 Å². The molecule has 2 N–H and O–H groups in total. The summed E-state index contributed by atoms with van der Waals surface area (Å²) >= 11 is 0. The van der Waals surface area contributed by atoms with Gasteiger partial charge < -0.3 is 15.2 Å². The normalized spacial score (nSPS) is 18.2. The minimum absolute atomic E-state index is 0.214. The van der Waals surface area contributed by atoms with Gasteiger partial charge in [-0.25, -0.2) is 0 Å². The molecule has 4 heteroatoms. The van der Waals surface area contributed by atoms with Crippen molar-refractivity contribution in [2.75, 3.05) is 38.6 Å². The van der Waals surface area contributed by atoms with E-state index in [2.05, 4.69) is 11.8 Å². The Morgan fingerprint density at radius 1 is 1.37 bits per heavy atom. The van der Waals surface area contributed by atoms with E-state index in [4.69, 9.17) is 15.2 Å². The van der Waals surface area contributed by atoms with E-state index in [9.17, 15) is 0 Å². The molecular formula is C15H24N2O2. The summed E-state index contributed by atoms with van der Waals surface area (Å²) in [6, 6.07) is 5.84. The molecule has 1 unspecified atom stereocenters. The van der Waals surface area contributed by atoms with Gasteiger partial charge in [-0.2, -0.15) is 0 Å². The van der Waals surface area contributed by atoms with Gasteiger partial charge in [-0.3, -0.25) is 4.90 Å². The van der Waals surface area contributed by atoms with Gasteiger partial charge in [-0.05, 0) is 44.0 Å². The highest BCUT2D eigenvalue weighted by atomic mass is 16.5. The van der Waals surface area contributed by atoms with Gasteiger partial charge in [0.15, 0.2) is 0 Å². The van der Waals surface area contributed by atoms with Crippen LogP contribution in [0.25, 0.3) is 0 Å². The lowest BCUT2D eigenvalue weighted by Crippen LogP contribution is -2.38. The van der Waals surface area contributed by atoms with Crippen molar-refractivity contribution in [2.24, 2.45) is 0 Å². The fourth-order valence-corrected chi connectivity index (χ4v) is 2.20. The van der Waals surface area contributed by atoms with Gasteiger partial charge in [-0.1, -0.05) is 0 Å². The van der Waals surface area contributed by atoms with Gasteiger partial charge in [0.1, 0.15) is 5.75 Å². The van der Waals surface area contributed by atoms with Crippen molar-refractivity contribution in [1.82, 2.24) is 4.90 Å². The third-order valence-electron chi connectivity index (χ3n) is 3.53. The van der Waals surface area contributed by atoms with Crippen LogP contribution >= 0.6 is 0 Å². The van der Waals surface area contributed by atoms with E-state index >= 15 is 0 Å². The first-order chi connectivity index (χ1) is 9.15. The van der Waals surface area contributed by atoms with Crippen molar-refractivity contribution in [2.45, 2.75) is 26.4 Å². The zero-order valence-corrected chi connectivity index (χ0v) is 11.9. The average molecular weight is 264 g/mol. The highest BCUT2D eigenvalue weighted by molar-refractivity contribution is 5.49. The van der Waals surface area contributed by atoms with Crippen molar-refractivity contribution in [3.63, 3.8) is 0 Å². The smallest absolute Gasteiger partial charge is 0.120 e. The molecule has 1 aromatic rings. The Labute approximate surface area is 115 Å². The Morgan fingerprint density at radius 3 is 2.79 bits per heavy atom. The van der Waals surface area contributed by atoms with Crippen LogP contribution in [0.15, 0.2) is 18.2 Å². The second-order valence-electron chi connectivity index (χ2n) is 5.19. The second-order valence-corrected chi connectivity index (χ2v) is 5.19. The van der Waals surface area contributed by atoms with Gasteiger partial charge in [0.2, 0.25) is 0 Å². The summed E-state index contributed by atoms with van der Waals surface area (Å²) in [6.07, 6.45) is 1.24. The van der Waals surface area contributed by atoms with Crippen LogP contribution in [0.1, 0.15) is 18.9 Å². The van der Waals surface area contributed by atoms with Crippen LogP contribution in [0.5, 0.6) is 5.75 Å². The van der Waals surface area contributed by atoms with Crippen molar-refractivity contribution in [3.05, 3.63) is 23.8 Å². The monoisotopic (exact) mass is 264 g/mol. The summed E-state index contributed by atoms with van der Waals surface area (Å²) in [5.74, 6) is 0.904. The van der Waals surface area contributed by atoms with Gasteiger partial charge >= 0.3 is 0 Å². The number of hydrogen-bond acceptors (Lipinski definition) is 4. The summed E-state index contributed by atoms with van der Waals surface area (Å²) in [6.45, 7) is 8.96. The highest BCUT2D eigenvalue weighted by Gasteiger charge is 2.12. The third-order valence-corrected chi connectivity index (χ3v) is 3.53. The van der Waals surface area contributed by atoms with Crippen molar-refractivity contribution >= 4 is 5.69 Å². The number of rotatable bonds is 5. The molecule has 0 amide bonds. The summed E-state index contributed by atoms with van der Waals surface area (Å²) in [7, 11) is 0. The first kappa shape index (κ1) is 14.2. The van der Waals surface area contributed by atoms with E-state index < -0.39 is 0 Å². The fraction of sp³-hybridized carbons (Fsp3) is 0.600. The zero-order valence-electron chi connectivity index (χ0n) is 11.9. The van der Waals surface area contributed by atoms with Crippen LogP contribution < -0.4 is 10.5 Å². The van der Waals surface area contributed by atoms with Crippen LogP contribution in [-0.4, -0.2) is 43.9 Å². The molecule has 0 aliphatic carbocycles. The highest BCUT2D eigenvalue weighted by Crippen LogP contribution is 2.20. The Hall–Kier alpha value is -1.26. The second kappa shape index (κ2) is 6.78. The molecule has 0 aromatic heterocycles. The molecule has 0 spiro atoms. The number of nitrogens with two attached hydrogens (primary N) is 1. The first-order valence-electron chi connectivity index (χ1n) is 6.98. The molecular weight excluding hydrogens is 240 g/mol. The average Bonchev–Trinajstić information content (AvgIpc) is 2.42. The lowest BCUT2D eigenvalue weighted by Gasteiger charge is -2.27. The van der Waals surface area contributed by atoms with Crippen LogP contribution in [0, 0.1) is 6.92 Å². The molecule has 19 heavy (non-hydrogen) atoms. The van der Waals surface area contributed by atoms with Crippen molar-refractivity contribution < 1.29 is 9.47 Å². The lowest BCUT2D eigenvalue weighted by molar-refractivity contribution is 0.0327. The van der Waals surface area contributed by atoms with Crippen LogP contribution in [-0.2, 0) is 4.74 Å². The summed E-state index contributed by atoms with van der Waals surface area (Å²) in [5, 5.41) is 0. The Balaban J connectivity index is 1.76. The number of morpholine rings is 1. The summed E-state index contributed by atoms with van der Waals surface area (Å²) in [5.41, 5.74) is 7.68. The first-order valence-corrected chi connectivity index (χ1v) is 6.98. The molecule has 2 rings (SSSR count). The molecule has 1 aromatic carbocycles. The number of nitrogens with zero attached hydrogens (tertiary/aromatic N) is 1. The van der Waals surface area contributed by atoms with E-state index in [1.807, 2.05) is 25.1 Å². The van der Waals surface area contributed by atoms with E-state index in [1.165, 1.54) is 0 Å². The molecule has 1 saturated heterocycles. The number of ether oxygens (including phenoxy) is 2. The number of anilines is 1. The van der Waals surface area contributed by atoms with Gasteiger partial charge in [0, 0.05) is 25.3 Å². The minimum Gasteiger partial charge on any atom is -0.491 e. The Kier molecular flexibility index (Phi) is 5.05. The summed E-state index contributed by atoms with van der Waals surface area (Å²) < 4.78 is 11.3. The molecule has 1 heterocycles. The maximum Gasteiger partial charge on any atom is 0.120 e. The third kappa shape index (κ3) is 4.40. The van der Waals surface area contributed by atoms with E-state index in [-0.39, 0.29) is 6.10 Å². The molecule has 4 nitrogen and oxygen atoms in total. The quantitative estimate of drug-likeness (QED) is 0.827. The van der Waals surface area contributed by atoms with Gasteiger partial charge in [0.05, 0.1) is 19.3 Å². The molecule has 0 bridgehead atoms. The van der Waals surface area contributed by atoms with Crippen molar-refractivity contribution in [3.8, 4) is 5.75 Å². The maximum atomic E-state index is 5.93. The Morgan fingerprint density at radius 2 is 2.11 bits per heavy atom. The number of nitrogen functional groups attached to an aromatic ring is 1. The summed E-state index contributed by atoms with van der Waals surface area (Å²) in [4.78, 5) is 2.43. The van der Waals surface area contributed by atoms with Gasteiger partial charge in [-0.15, -0.1) is 0 Å². The lowest BCUT2D eigenvalue weighted by atomic mass is 10.2. The van der Waals surface area contributed by atoms with E-state index in [1.54, 1.807) is 0 Å². The number of hydrogen-bond donors (Lipinski definition) is 1. The molecule has 1 aliphatic heterocycles. The zero-order chi connectivity index (χ0) is 13.7. The molecule has 0 saturated carbocycles. The predicted octanol–water partition coefficient (Wildman–Crippen LogP) is 2.07. The minimum atomic E-state index is 0.214. The van der Waals surface area contributed by atoms with Crippen molar-refractivity contribution in [1.29, 1.82) is 0 Å². The molecule has 0 radical (unpaired) electrons. The standard InChI is InChI=1S/C15H24N2O2/c1-12-11-14(3-4-15(12)16)19-13(2)5-6-17-7-9-18-10-8-17/h3-4,11,13H,5-10,16H2,1-2H3. The molecule has 1 fully saturated rings. The predicted molar refractivity (Wildman–Crippen MR) is 77.6 cm³/mol. The largest absolute Gasteiger partial charge is 0.491 e. The maximum absolute atomic E-state index is 5.93. The van der Waals surface area contributed by atoms with Crippen LogP contribution in [0.3, 0.4) is 0 Å². The van der Waals surface area contributed by atoms with E-state index in [0.717, 1.165) is 56.3 Å². The fourth-order valence-electron chi connectivity index (χ4n) is 2.20. The number of aryl methyl sites for hydroxylation is 1. The Bertz CT molecular complexity index is 403. The van der Waals surface area contributed by atoms with Crippen LogP contribution in [0.2, 0.25) is 0 Å². The number of benzene rings is 1. The van der Waals surface area contributed by atoms with E-state index in [0.29, 0.717) is 0 Å². The molecule has 1 atom stereocenters. The van der Waals surface area contributed by atoms with Crippen LogP contribution in [0.4, 0.5) is 5.69 Å². The SMILES string of the molecule is Cc1cc(OC(C)CCN2CCOCC2)ccc1N.